The maximum Gasteiger partial charge on any atom is 0.302 e. The van der Waals surface area contributed by atoms with Crippen LogP contribution < -0.4 is 0 Å². The number of halogens is 1. The third-order valence-corrected chi connectivity index (χ3v) is 3.27. The van der Waals surface area contributed by atoms with E-state index in [4.69, 9.17) is 16.3 Å². The van der Waals surface area contributed by atoms with Gasteiger partial charge in [0.25, 0.3) is 0 Å². The summed E-state index contributed by atoms with van der Waals surface area (Å²) in [7, 11) is 0. The quantitative estimate of drug-likeness (QED) is 0.307. The van der Waals surface area contributed by atoms with Gasteiger partial charge < -0.3 is 4.74 Å². The lowest BCUT2D eigenvalue weighted by atomic mass is 10.1. The third-order valence-electron chi connectivity index (χ3n) is 2.84. The Morgan fingerprint density at radius 2 is 1.65 bits per heavy atom. The first kappa shape index (κ1) is 16.8. The molecule has 0 saturated heterocycles. The topological polar surface area (TPSA) is 26.3 Å². The zero-order valence-corrected chi connectivity index (χ0v) is 12.1. The number of rotatable bonds is 11. The number of hydrogen-bond donors (Lipinski definition) is 0. The first-order valence-corrected chi connectivity index (χ1v) is 7.38. The number of esters is 1. The van der Waals surface area contributed by atoms with Gasteiger partial charge in [0, 0.05) is 12.3 Å². The van der Waals surface area contributed by atoms with Crippen LogP contribution in [0.1, 0.15) is 71.6 Å². The molecule has 1 atom stereocenters. The zero-order valence-electron chi connectivity index (χ0n) is 11.3. The van der Waals surface area contributed by atoms with Crippen LogP contribution in [0.2, 0.25) is 0 Å². The molecule has 17 heavy (non-hydrogen) atoms. The Morgan fingerprint density at radius 1 is 1.06 bits per heavy atom. The summed E-state index contributed by atoms with van der Waals surface area (Å²) in [6.45, 7) is 4.23. The number of hydrogen-bond acceptors (Lipinski definition) is 2. The summed E-state index contributed by atoms with van der Waals surface area (Å²) in [4.78, 5) is 10.5. The van der Waals surface area contributed by atoms with E-state index in [1.807, 2.05) is 0 Å². The summed E-state index contributed by atoms with van der Waals surface area (Å²) in [6.07, 6.45) is 10.6. The fourth-order valence-electron chi connectivity index (χ4n) is 1.80. The molecule has 102 valence electrons. The largest absolute Gasteiger partial charge is 0.466 e. The van der Waals surface area contributed by atoms with E-state index in [2.05, 4.69) is 6.92 Å². The van der Waals surface area contributed by atoms with E-state index in [-0.39, 0.29) is 5.97 Å². The van der Waals surface area contributed by atoms with Crippen LogP contribution >= 0.6 is 11.6 Å². The van der Waals surface area contributed by atoms with Crippen molar-refractivity contribution in [1.82, 2.24) is 0 Å². The number of carbonyl (C=O) groups is 1. The van der Waals surface area contributed by atoms with Crippen molar-refractivity contribution in [3.8, 4) is 0 Å². The Bertz CT molecular complexity index is 183. The van der Waals surface area contributed by atoms with Crippen molar-refractivity contribution < 1.29 is 9.53 Å². The van der Waals surface area contributed by atoms with Gasteiger partial charge in [-0.3, -0.25) is 4.79 Å². The summed E-state index contributed by atoms with van der Waals surface area (Å²) in [5.41, 5.74) is 0. The van der Waals surface area contributed by atoms with E-state index in [1.54, 1.807) is 0 Å². The predicted octanol–water partition coefficient (Wildman–Crippen LogP) is 4.69. The minimum Gasteiger partial charge on any atom is -0.466 e. The predicted molar refractivity (Wildman–Crippen MR) is 73.5 cm³/mol. The fourth-order valence-corrected chi connectivity index (χ4v) is 2.11. The normalized spacial score (nSPS) is 12.4. The van der Waals surface area contributed by atoms with E-state index in [0.29, 0.717) is 12.0 Å². The van der Waals surface area contributed by atoms with Crippen molar-refractivity contribution in [2.24, 2.45) is 0 Å². The summed E-state index contributed by atoms with van der Waals surface area (Å²) in [5, 5.41) is 0.356. The van der Waals surface area contributed by atoms with E-state index >= 15 is 0 Å². The van der Waals surface area contributed by atoms with Crippen LogP contribution in [0.4, 0.5) is 0 Å². The minimum absolute atomic E-state index is 0.179. The number of ether oxygens (including phenoxy) is 1. The molecular formula is C14H27ClO2. The van der Waals surface area contributed by atoms with E-state index < -0.39 is 0 Å². The molecule has 0 aromatic heterocycles. The van der Waals surface area contributed by atoms with Crippen LogP contribution in [0.15, 0.2) is 0 Å². The molecule has 0 amide bonds. The van der Waals surface area contributed by atoms with Crippen LogP contribution in [0.5, 0.6) is 0 Å². The molecular weight excluding hydrogens is 236 g/mol. The molecule has 0 spiro atoms. The molecule has 0 rings (SSSR count). The van der Waals surface area contributed by atoms with Gasteiger partial charge in [-0.15, -0.1) is 11.6 Å². The number of alkyl halides is 1. The van der Waals surface area contributed by atoms with Crippen molar-refractivity contribution in [1.29, 1.82) is 0 Å². The number of carbonyl (C=O) groups excluding carboxylic acids is 1. The Labute approximate surface area is 111 Å². The molecule has 2 nitrogen and oxygen atoms in total. The minimum atomic E-state index is -0.179. The van der Waals surface area contributed by atoms with Crippen molar-refractivity contribution in [3.05, 3.63) is 0 Å². The molecule has 0 fully saturated rings. The van der Waals surface area contributed by atoms with Crippen LogP contribution in [0.25, 0.3) is 0 Å². The SMILES string of the molecule is CCCCCC(Cl)CCCCCCOC(C)=O. The molecule has 0 aliphatic heterocycles. The first-order valence-electron chi connectivity index (χ1n) is 6.94. The molecule has 0 heterocycles. The smallest absolute Gasteiger partial charge is 0.302 e. The van der Waals surface area contributed by atoms with Gasteiger partial charge >= 0.3 is 5.97 Å². The van der Waals surface area contributed by atoms with E-state index in [9.17, 15) is 4.79 Å². The second kappa shape index (κ2) is 12.2. The van der Waals surface area contributed by atoms with Gasteiger partial charge in [0.15, 0.2) is 0 Å². The summed E-state index contributed by atoms with van der Waals surface area (Å²) in [6, 6.07) is 0. The van der Waals surface area contributed by atoms with E-state index in [0.717, 1.165) is 25.7 Å². The van der Waals surface area contributed by atoms with Crippen molar-refractivity contribution in [2.45, 2.75) is 77.0 Å². The van der Waals surface area contributed by atoms with Gasteiger partial charge in [-0.2, -0.15) is 0 Å². The highest BCUT2D eigenvalue weighted by atomic mass is 35.5. The van der Waals surface area contributed by atoms with Gasteiger partial charge in [0.1, 0.15) is 0 Å². The highest BCUT2D eigenvalue weighted by molar-refractivity contribution is 6.20. The molecule has 0 saturated carbocycles. The third kappa shape index (κ3) is 13.7. The Morgan fingerprint density at radius 3 is 2.24 bits per heavy atom. The van der Waals surface area contributed by atoms with Crippen LogP contribution in [0.3, 0.4) is 0 Å². The lowest BCUT2D eigenvalue weighted by Crippen LogP contribution is -2.01. The standard InChI is InChI=1S/C14H27ClO2/c1-3-4-7-10-14(15)11-8-5-6-9-12-17-13(2)16/h14H,3-12H2,1-2H3. The lowest BCUT2D eigenvalue weighted by molar-refractivity contribution is -0.141. The molecule has 0 aromatic rings. The van der Waals surface area contributed by atoms with Crippen LogP contribution in [0, 0.1) is 0 Å². The first-order chi connectivity index (χ1) is 8.16. The lowest BCUT2D eigenvalue weighted by Gasteiger charge is -2.08. The van der Waals surface area contributed by atoms with Crippen molar-refractivity contribution in [3.63, 3.8) is 0 Å². The Balaban J connectivity index is 3.13. The van der Waals surface area contributed by atoms with Crippen molar-refractivity contribution >= 4 is 17.6 Å². The molecule has 0 N–H and O–H groups in total. The van der Waals surface area contributed by atoms with Crippen LogP contribution in [-0.4, -0.2) is 18.0 Å². The maximum absolute atomic E-state index is 10.5. The Kier molecular flexibility index (Phi) is 12.1. The van der Waals surface area contributed by atoms with Gasteiger partial charge in [-0.05, 0) is 19.3 Å². The maximum atomic E-state index is 10.5. The highest BCUT2D eigenvalue weighted by Gasteiger charge is 2.03. The van der Waals surface area contributed by atoms with Gasteiger partial charge in [0.2, 0.25) is 0 Å². The van der Waals surface area contributed by atoms with E-state index in [1.165, 1.54) is 39.0 Å². The average Bonchev–Trinajstić information content (AvgIpc) is 2.28. The molecule has 3 heteroatoms. The summed E-state index contributed by atoms with van der Waals surface area (Å²) in [5.74, 6) is -0.179. The summed E-state index contributed by atoms with van der Waals surface area (Å²) >= 11 is 6.23. The van der Waals surface area contributed by atoms with Crippen LogP contribution in [-0.2, 0) is 9.53 Å². The fraction of sp³-hybridized carbons (Fsp3) is 0.929. The molecule has 0 bridgehead atoms. The second-order valence-corrected chi connectivity index (χ2v) is 5.25. The van der Waals surface area contributed by atoms with Crippen molar-refractivity contribution in [2.75, 3.05) is 6.61 Å². The monoisotopic (exact) mass is 262 g/mol. The molecule has 0 aromatic carbocycles. The molecule has 0 aliphatic carbocycles. The van der Waals surface area contributed by atoms with Gasteiger partial charge in [0.05, 0.1) is 6.61 Å². The molecule has 1 unspecified atom stereocenters. The second-order valence-electron chi connectivity index (χ2n) is 4.64. The highest BCUT2D eigenvalue weighted by Crippen LogP contribution is 2.16. The molecule has 0 radical (unpaired) electrons. The summed E-state index contributed by atoms with van der Waals surface area (Å²) < 4.78 is 4.87. The average molecular weight is 263 g/mol. The number of unbranched alkanes of at least 4 members (excludes halogenated alkanes) is 5. The van der Waals surface area contributed by atoms with Gasteiger partial charge in [-0.25, -0.2) is 0 Å². The zero-order chi connectivity index (χ0) is 12.9. The van der Waals surface area contributed by atoms with Gasteiger partial charge in [-0.1, -0.05) is 45.4 Å². The Hall–Kier alpha value is -0.240. The molecule has 0 aliphatic rings.